The highest BCUT2D eigenvalue weighted by Gasteiger charge is 2.17. The standard InChI is InChI=1S/C19H21ClFNO2/c1-2-18(24-17-7-3-6-15(20)13-17)19(23)22-12-4-5-14-8-10-16(21)11-9-14/h3,6-11,13,18H,2,4-5,12H2,1H3,(H,22,23)/t18-/m0/s1. The van der Waals surface area contributed by atoms with Crippen LogP contribution < -0.4 is 10.1 Å². The van der Waals surface area contributed by atoms with Crippen LogP contribution in [0.1, 0.15) is 25.3 Å². The summed E-state index contributed by atoms with van der Waals surface area (Å²) in [5, 5.41) is 3.45. The van der Waals surface area contributed by atoms with Crippen LogP contribution >= 0.6 is 11.6 Å². The first kappa shape index (κ1) is 18.3. The summed E-state index contributed by atoms with van der Waals surface area (Å²) in [6.45, 7) is 2.44. The quantitative estimate of drug-likeness (QED) is 0.718. The van der Waals surface area contributed by atoms with Gasteiger partial charge >= 0.3 is 0 Å². The molecule has 3 nitrogen and oxygen atoms in total. The van der Waals surface area contributed by atoms with Gasteiger partial charge < -0.3 is 10.1 Å². The van der Waals surface area contributed by atoms with Crippen LogP contribution in [0, 0.1) is 5.82 Å². The molecule has 0 fully saturated rings. The summed E-state index contributed by atoms with van der Waals surface area (Å²) in [6.07, 6.45) is 1.59. The lowest BCUT2D eigenvalue weighted by Gasteiger charge is -2.17. The van der Waals surface area contributed by atoms with Gasteiger partial charge in [-0.15, -0.1) is 0 Å². The number of hydrogen-bond donors (Lipinski definition) is 1. The Labute approximate surface area is 146 Å². The summed E-state index contributed by atoms with van der Waals surface area (Å²) in [4.78, 5) is 12.2. The first-order valence-corrected chi connectivity index (χ1v) is 8.40. The van der Waals surface area contributed by atoms with Crippen LogP contribution in [0.2, 0.25) is 5.02 Å². The molecule has 0 unspecified atom stereocenters. The molecular weight excluding hydrogens is 329 g/mol. The molecule has 0 radical (unpaired) electrons. The van der Waals surface area contributed by atoms with Gasteiger partial charge in [0.15, 0.2) is 6.10 Å². The van der Waals surface area contributed by atoms with Crippen LogP contribution in [0.3, 0.4) is 0 Å². The minimum Gasteiger partial charge on any atom is -0.481 e. The van der Waals surface area contributed by atoms with E-state index in [1.807, 2.05) is 6.92 Å². The summed E-state index contributed by atoms with van der Waals surface area (Å²) in [5.41, 5.74) is 1.05. The number of amides is 1. The molecule has 2 aromatic carbocycles. The molecule has 0 aromatic heterocycles. The van der Waals surface area contributed by atoms with Gasteiger partial charge in [0, 0.05) is 11.6 Å². The van der Waals surface area contributed by atoms with Crippen molar-refractivity contribution in [3.8, 4) is 5.75 Å². The number of aryl methyl sites for hydroxylation is 1. The molecule has 0 spiro atoms. The molecule has 0 heterocycles. The van der Waals surface area contributed by atoms with E-state index in [0.717, 1.165) is 18.4 Å². The van der Waals surface area contributed by atoms with E-state index in [0.29, 0.717) is 23.7 Å². The van der Waals surface area contributed by atoms with Gasteiger partial charge in [0.2, 0.25) is 0 Å². The number of nitrogens with one attached hydrogen (secondary N) is 1. The van der Waals surface area contributed by atoms with Crippen LogP contribution in [0.15, 0.2) is 48.5 Å². The van der Waals surface area contributed by atoms with Gasteiger partial charge in [-0.05, 0) is 55.2 Å². The van der Waals surface area contributed by atoms with E-state index < -0.39 is 6.10 Å². The highest BCUT2D eigenvalue weighted by Crippen LogP contribution is 2.19. The number of carbonyl (C=O) groups is 1. The Balaban J connectivity index is 1.76. The summed E-state index contributed by atoms with van der Waals surface area (Å²) < 4.78 is 18.5. The normalized spacial score (nSPS) is 11.8. The van der Waals surface area contributed by atoms with Gasteiger partial charge in [0.1, 0.15) is 11.6 Å². The van der Waals surface area contributed by atoms with Crippen molar-refractivity contribution in [3.63, 3.8) is 0 Å². The number of benzene rings is 2. The van der Waals surface area contributed by atoms with Crippen molar-refractivity contribution in [3.05, 3.63) is 64.9 Å². The SMILES string of the molecule is CC[C@H](Oc1cccc(Cl)c1)C(=O)NCCCc1ccc(F)cc1. The van der Waals surface area contributed by atoms with Gasteiger partial charge in [-0.2, -0.15) is 0 Å². The molecule has 5 heteroatoms. The van der Waals surface area contributed by atoms with Crippen LogP contribution in [-0.4, -0.2) is 18.6 Å². The zero-order chi connectivity index (χ0) is 17.4. The highest BCUT2D eigenvalue weighted by molar-refractivity contribution is 6.30. The molecule has 2 rings (SSSR count). The lowest BCUT2D eigenvalue weighted by molar-refractivity contribution is -0.128. The topological polar surface area (TPSA) is 38.3 Å². The maximum absolute atomic E-state index is 12.8. The average molecular weight is 350 g/mol. The van der Waals surface area contributed by atoms with Crippen molar-refractivity contribution in [2.75, 3.05) is 6.54 Å². The number of hydrogen-bond acceptors (Lipinski definition) is 2. The maximum atomic E-state index is 12.8. The van der Waals surface area contributed by atoms with Gasteiger partial charge in [0.25, 0.3) is 5.91 Å². The molecule has 24 heavy (non-hydrogen) atoms. The fourth-order valence-electron chi connectivity index (χ4n) is 2.30. The molecule has 128 valence electrons. The fraction of sp³-hybridized carbons (Fsp3) is 0.316. The lowest BCUT2D eigenvalue weighted by atomic mass is 10.1. The molecule has 0 aliphatic heterocycles. The third-order valence-corrected chi connectivity index (χ3v) is 3.83. The third-order valence-electron chi connectivity index (χ3n) is 3.59. The molecule has 0 saturated heterocycles. The molecule has 0 saturated carbocycles. The van der Waals surface area contributed by atoms with Crippen LogP contribution in [-0.2, 0) is 11.2 Å². The van der Waals surface area contributed by atoms with E-state index in [1.165, 1.54) is 12.1 Å². The molecule has 0 aliphatic rings. The molecule has 1 N–H and O–H groups in total. The number of ether oxygens (including phenoxy) is 1. The summed E-state index contributed by atoms with van der Waals surface area (Å²) in [5.74, 6) is 0.198. The van der Waals surface area contributed by atoms with Crippen molar-refractivity contribution < 1.29 is 13.9 Å². The van der Waals surface area contributed by atoms with Crippen molar-refractivity contribution in [1.82, 2.24) is 5.32 Å². The van der Waals surface area contributed by atoms with Crippen molar-refractivity contribution in [1.29, 1.82) is 0 Å². The van der Waals surface area contributed by atoms with Crippen molar-refractivity contribution >= 4 is 17.5 Å². The smallest absolute Gasteiger partial charge is 0.261 e. The molecule has 2 aromatic rings. The highest BCUT2D eigenvalue weighted by atomic mass is 35.5. The minimum atomic E-state index is -0.547. The number of rotatable bonds is 8. The summed E-state index contributed by atoms with van der Waals surface area (Å²) >= 11 is 5.92. The largest absolute Gasteiger partial charge is 0.481 e. The zero-order valence-corrected chi connectivity index (χ0v) is 14.4. The predicted octanol–water partition coefficient (Wildman–Crippen LogP) is 4.39. The molecule has 0 aliphatic carbocycles. The summed E-state index contributed by atoms with van der Waals surface area (Å²) in [6, 6.07) is 13.4. The third kappa shape index (κ3) is 5.85. The number of halogens is 2. The first-order chi connectivity index (χ1) is 11.6. The van der Waals surface area contributed by atoms with E-state index in [2.05, 4.69) is 5.32 Å². The van der Waals surface area contributed by atoms with Crippen LogP contribution in [0.25, 0.3) is 0 Å². The summed E-state index contributed by atoms with van der Waals surface area (Å²) in [7, 11) is 0. The van der Waals surface area contributed by atoms with Gasteiger partial charge in [0.05, 0.1) is 0 Å². The number of carbonyl (C=O) groups excluding carboxylic acids is 1. The van der Waals surface area contributed by atoms with Crippen LogP contribution in [0.4, 0.5) is 4.39 Å². The second kappa shape index (κ2) is 9.28. The Morgan fingerprint density at radius 3 is 2.67 bits per heavy atom. The molecular formula is C19H21ClFNO2. The first-order valence-electron chi connectivity index (χ1n) is 8.03. The zero-order valence-electron chi connectivity index (χ0n) is 13.6. The predicted molar refractivity (Wildman–Crippen MR) is 93.9 cm³/mol. The van der Waals surface area contributed by atoms with E-state index in [1.54, 1.807) is 36.4 Å². The van der Waals surface area contributed by atoms with Gasteiger partial charge in [-0.25, -0.2) is 4.39 Å². The molecule has 0 bridgehead atoms. The van der Waals surface area contributed by atoms with E-state index in [-0.39, 0.29) is 11.7 Å². The Kier molecular flexibility index (Phi) is 7.07. The Bertz CT molecular complexity index is 661. The van der Waals surface area contributed by atoms with E-state index in [4.69, 9.17) is 16.3 Å². The van der Waals surface area contributed by atoms with Gasteiger partial charge in [-0.1, -0.05) is 36.7 Å². The van der Waals surface area contributed by atoms with Crippen LogP contribution in [0.5, 0.6) is 5.75 Å². The average Bonchev–Trinajstić information content (AvgIpc) is 2.58. The van der Waals surface area contributed by atoms with Crippen molar-refractivity contribution in [2.45, 2.75) is 32.3 Å². The monoisotopic (exact) mass is 349 g/mol. The fourth-order valence-corrected chi connectivity index (χ4v) is 2.48. The van der Waals surface area contributed by atoms with E-state index >= 15 is 0 Å². The molecule has 1 amide bonds. The second-order valence-corrected chi connectivity index (χ2v) is 5.93. The Hall–Kier alpha value is -2.07. The van der Waals surface area contributed by atoms with Gasteiger partial charge in [-0.3, -0.25) is 4.79 Å². The maximum Gasteiger partial charge on any atom is 0.261 e. The Morgan fingerprint density at radius 1 is 1.25 bits per heavy atom. The lowest BCUT2D eigenvalue weighted by Crippen LogP contribution is -2.38. The van der Waals surface area contributed by atoms with E-state index in [9.17, 15) is 9.18 Å². The molecule has 1 atom stereocenters. The second-order valence-electron chi connectivity index (χ2n) is 5.49. The minimum absolute atomic E-state index is 0.142. The Morgan fingerprint density at radius 2 is 2.00 bits per heavy atom. The van der Waals surface area contributed by atoms with Crippen molar-refractivity contribution in [2.24, 2.45) is 0 Å².